The molecule has 1 atom stereocenters. The van der Waals surface area contributed by atoms with Crippen LogP contribution >= 0.6 is 11.3 Å². The number of nitrogens with one attached hydrogen (secondary N) is 2. The molecule has 7 nitrogen and oxygen atoms in total. The number of ether oxygens (including phenoxy) is 1. The molecule has 11 heteroatoms. The Morgan fingerprint density at radius 1 is 1.40 bits per heavy atom. The normalized spacial score (nSPS) is 18.7. The number of carbonyl (C=O) groups is 1. The summed E-state index contributed by atoms with van der Waals surface area (Å²) in [4.78, 5) is 17.7. The van der Waals surface area contributed by atoms with E-state index in [-0.39, 0.29) is 10.7 Å². The van der Waals surface area contributed by atoms with E-state index in [9.17, 15) is 18.0 Å². The summed E-state index contributed by atoms with van der Waals surface area (Å²) in [6.07, 6.45) is -2.52. The Hall–Kier alpha value is -2.11. The molecule has 0 radical (unpaired) electrons. The Kier molecular flexibility index (Phi) is 6.39. The number of halogens is 3. The number of amidine groups is 1. The maximum atomic E-state index is 12.3. The Labute approximate surface area is 145 Å². The van der Waals surface area contributed by atoms with Crippen LogP contribution in [-0.4, -0.2) is 30.8 Å². The SMILES string of the molecule is C=C(N/N=C(\N)c1ccc(C(=O)NOC2CCCCO2)s1)C(F)(F)F. The fourth-order valence-electron chi connectivity index (χ4n) is 1.82. The molecule has 1 aliphatic rings. The number of thiophene rings is 1. The minimum absolute atomic E-state index is 0.203. The Balaban J connectivity index is 1.89. The van der Waals surface area contributed by atoms with Crippen molar-refractivity contribution in [2.75, 3.05) is 6.61 Å². The average molecular weight is 378 g/mol. The third-order valence-electron chi connectivity index (χ3n) is 3.16. The molecule has 1 aromatic rings. The second-order valence-corrected chi connectivity index (χ2v) is 6.18. The lowest BCUT2D eigenvalue weighted by atomic mass is 10.2. The van der Waals surface area contributed by atoms with E-state index < -0.39 is 24.1 Å². The number of hydrogen-bond donors (Lipinski definition) is 3. The molecule has 0 aliphatic carbocycles. The van der Waals surface area contributed by atoms with Crippen molar-refractivity contribution in [3.63, 3.8) is 0 Å². The van der Waals surface area contributed by atoms with Gasteiger partial charge in [-0.3, -0.25) is 10.2 Å². The van der Waals surface area contributed by atoms with Crippen LogP contribution in [0, 0.1) is 0 Å². The highest BCUT2D eigenvalue weighted by molar-refractivity contribution is 7.16. The van der Waals surface area contributed by atoms with Crippen molar-refractivity contribution in [3.8, 4) is 0 Å². The van der Waals surface area contributed by atoms with Gasteiger partial charge in [0.1, 0.15) is 5.70 Å². The molecule has 0 bridgehead atoms. The fraction of sp³-hybridized carbons (Fsp3) is 0.429. The predicted molar refractivity (Wildman–Crippen MR) is 85.5 cm³/mol. The van der Waals surface area contributed by atoms with Crippen molar-refractivity contribution < 1.29 is 27.5 Å². The van der Waals surface area contributed by atoms with Crippen LogP contribution in [0.2, 0.25) is 0 Å². The van der Waals surface area contributed by atoms with Gasteiger partial charge in [0.15, 0.2) is 12.1 Å². The molecular formula is C14H17F3N4O3S. The number of hydroxylamine groups is 1. The maximum absolute atomic E-state index is 12.3. The molecule has 1 aliphatic heterocycles. The number of nitrogens with zero attached hydrogens (tertiary/aromatic N) is 1. The van der Waals surface area contributed by atoms with Crippen LogP contribution in [-0.2, 0) is 9.57 Å². The maximum Gasteiger partial charge on any atom is 0.432 e. The minimum atomic E-state index is -4.62. The summed E-state index contributed by atoms with van der Waals surface area (Å²) >= 11 is 0.955. The highest BCUT2D eigenvalue weighted by atomic mass is 32.1. The van der Waals surface area contributed by atoms with Gasteiger partial charge < -0.3 is 10.5 Å². The largest absolute Gasteiger partial charge is 0.432 e. The van der Waals surface area contributed by atoms with Gasteiger partial charge in [-0.1, -0.05) is 6.58 Å². The minimum Gasteiger partial charge on any atom is -0.381 e. The monoisotopic (exact) mass is 378 g/mol. The van der Waals surface area contributed by atoms with E-state index in [0.717, 1.165) is 24.2 Å². The van der Waals surface area contributed by atoms with E-state index in [4.69, 9.17) is 15.3 Å². The number of allylic oxidation sites excluding steroid dienone is 1. The van der Waals surface area contributed by atoms with Crippen LogP contribution in [0.3, 0.4) is 0 Å². The van der Waals surface area contributed by atoms with Gasteiger partial charge in [0, 0.05) is 13.0 Å². The smallest absolute Gasteiger partial charge is 0.381 e. The highest BCUT2D eigenvalue weighted by Gasteiger charge is 2.32. The van der Waals surface area contributed by atoms with E-state index >= 15 is 0 Å². The van der Waals surface area contributed by atoms with Crippen LogP contribution in [0.15, 0.2) is 29.5 Å². The summed E-state index contributed by atoms with van der Waals surface area (Å²) in [5.74, 6) is -0.711. The van der Waals surface area contributed by atoms with E-state index in [1.165, 1.54) is 12.1 Å². The second-order valence-electron chi connectivity index (χ2n) is 5.09. The first-order chi connectivity index (χ1) is 11.8. The first-order valence-corrected chi connectivity index (χ1v) is 8.12. The first-order valence-electron chi connectivity index (χ1n) is 7.30. The van der Waals surface area contributed by atoms with Gasteiger partial charge in [0.05, 0.1) is 9.75 Å². The van der Waals surface area contributed by atoms with Gasteiger partial charge in [-0.15, -0.1) is 11.3 Å². The van der Waals surface area contributed by atoms with Crippen LogP contribution in [0.5, 0.6) is 0 Å². The molecule has 1 unspecified atom stereocenters. The molecule has 25 heavy (non-hydrogen) atoms. The molecule has 0 spiro atoms. The zero-order valence-corrected chi connectivity index (χ0v) is 13.9. The van der Waals surface area contributed by atoms with E-state index in [0.29, 0.717) is 17.9 Å². The summed E-state index contributed by atoms with van der Waals surface area (Å²) in [6.45, 7) is 3.38. The molecule has 0 saturated carbocycles. The van der Waals surface area contributed by atoms with Crippen molar-refractivity contribution >= 4 is 23.1 Å². The Morgan fingerprint density at radius 3 is 2.76 bits per heavy atom. The lowest BCUT2D eigenvalue weighted by Gasteiger charge is -2.21. The van der Waals surface area contributed by atoms with Gasteiger partial charge >= 0.3 is 6.18 Å². The number of amides is 1. The van der Waals surface area contributed by atoms with Crippen LogP contribution in [0.1, 0.15) is 33.8 Å². The van der Waals surface area contributed by atoms with Crippen molar-refractivity contribution in [1.82, 2.24) is 10.9 Å². The zero-order valence-electron chi connectivity index (χ0n) is 13.1. The molecule has 1 amide bonds. The molecule has 1 saturated heterocycles. The summed E-state index contributed by atoms with van der Waals surface area (Å²) in [5, 5.41) is 3.41. The lowest BCUT2D eigenvalue weighted by molar-refractivity contribution is -0.186. The first kappa shape index (κ1) is 19.2. The average Bonchev–Trinajstić information content (AvgIpc) is 3.07. The summed E-state index contributed by atoms with van der Waals surface area (Å²) in [6, 6.07) is 2.93. The van der Waals surface area contributed by atoms with Gasteiger partial charge in [0.25, 0.3) is 5.91 Å². The summed E-state index contributed by atoms with van der Waals surface area (Å²) in [7, 11) is 0. The van der Waals surface area contributed by atoms with Gasteiger partial charge in [0.2, 0.25) is 0 Å². The molecule has 0 aromatic carbocycles. The summed E-state index contributed by atoms with van der Waals surface area (Å²) < 4.78 is 42.2. The zero-order chi connectivity index (χ0) is 18.4. The Morgan fingerprint density at radius 2 is 2.12 bits per heavy atom. The fourth-order valence-corrected chi connectivity index (χ4v) is 2.61. The number of rotatable bonds is 6. The Bertz CT molecular complexity index is 654. The standard InChI is InChI=1S/C14H17F3N4O3S/c1-8(14(15,16)17)19-20-12(18)9-5-6-10(25-9)13(22)21-24-11-4-2-3-7-23-11/h5-6,11,19H,1-4,7H2,(H2,18,20)(H,21,22). The van der Waals surface area contributed by atoms with Crippen LogP contribution in [0.4, 0.5) is 13.2 Å². The number of hydrazone groups is 1. The van der Waals surface area contributed by atoms with Crippen molar-refractivity contribution in [2.24, 2.45) is 10.8 Å². The quantitative estimate of drug-likeness (QED) is 0.401. The van der Waals surface area contributed by atoms with Crippen LogP contribution in [0.25, 0.3) is 0 Å². The van der Waals surface area contributed by atoms with Gasteiger partial charge in [-0.2, -0.15) is 18.3 Å². The summed E-state index contributed by atoms with van der Waals surface area (Å²) in [5.41, 5.74) is 8.37. The lowest BCUT2D eigenvalue weighted by Crippen LogP contribution is -2.32. The second kappa shape index (κ2) is 8.32. The van der Waals surface area contributed by atoms with Crippen molar-refractivity contribution in [3.05, 3.63) is 34.2 Å². The third-order valence-corrected chi connectivity index (χ3v) is 4.26. The number of alkyl halides is 3. The number of carbonyl (C=O) groups excluding carboxylic acids is 1. The van der Waals surface area contributed by atoms with E-state index in [1.54, 1.807) is 5.43 Å². The molecule has 2 heterocycles. The van der Waals surface area contributed by atoms with Crippen molar-refractivity contribution in [2.45, 2.75) is 31.7 Å². The highest BCUT2D eigenvalue weighted by Crippen LogP contribution is 2.22. The van der Waals surface area contributed by atoms with E-state index in [1.807, 2.05) is 0 Å². The molecular weight excluding hydrogens is 361 g/mol. The molecule has 2 rings (SSSR count). The van der Waals surface area contributed by atoms with Crippen molar-refractivity contribution in [1.29, 1.82) is 0 Å². The number of hydrogen-bond acceptors (Lipinski definition) is 6. The van der Waals surface area contributed by atoms with Gasteiger partial charge in [-0.25, -0.2) is 10.3 Å². The molecule has 1 aromatic heterocycles. The van der Waals surface area contributed by atoms with E-state index in [2.05, 4.69) is 17.2 Å². The molecule has 1 fully saturated rings. The number of nitrogens with two attached hydrogens (primary N) is 1. The molecule has 138 valence electrons. The van der Waals surface area contributed by atoms with Gasteiger partial charge in [-0.05, 0) is 25.0 Å². The predicted octanol–water partition coefficient (Wildman–Crippen LogP) is 2.22. The third kappa shape index (κ3) is 5.73. The topological polar surface area (TPSA) is 98.0 Å². The molecule has 4 N–H and O–H groups in total. The van der Waals surface area contributed by atoms with Crippen LogP contribution < -0.4 is 16.6 Å².